The van der Waals surface area contributed by atoms with E-state index in [-0.39, 0.29) is 18.3 Å². The molecule has 0 saturated carbocycles. The zero-order chi connectivity index (χ0) is 12.6. The Hall–Kier alpha value is -1.03. The molecule has 2 heterocycles. The monoisotopic (exact) mass is 239 g/mol. The molecule has 0 aliphatic carbocycles. The Kier molecular flexibility index (Phi) is 3.17. The Morgan fingerprint density at radius 1 is 1.53 bits per heavy atom. The van der Waals surface area contributed by atoms with Crippen LogP contribution in [0.5, 0.6) is 0 Å². The Balaban J connectivity index is 2.09. The fourth-order valence-corrected chi connectivity index (χ4v) is 2.28. The molecule has 0 spiro atoms. The van der Waals surface area contributed by atoms with Crippen LogP contribution in [-0.2, 0) is 9.47 Å². The molecule has 0 aromatic carbocycles. The number of hydrogen-bond acceptors (Lipinski definition) is 3. The molecule has 2 aliphatic rings. The van der Waals surface area contributed by atoms with Crippen molar-refractivity contribution in [2.24, 2.45) is 0 Å². The summed E-state index contributed by atoms with van der Waals surface area (Å²) in [6.07, 6.45) is 3.85. The zero-order valence-corrected chi connectivity index (χ0v) is 11.0. The number of carbonyl (C=O) groups excluding carboxylic acids is 1. The van der Waals surface area contributed by atoms with E-state index in [9.17, 15) is 4.79 Å². The molecule has 0 aromatic rings. The predicted octanol–water partition coefficient (Wildman–Crippen LogP) is 2.69. The Bertz CT molecular complexity index is 343. The smallest absolute Gasteiger partial charge is 0.414 e. The molecule has 2 atom stereocenters. The first kappa shape index (κ1) is 12.4. The van der Waals surface area contributed by atoms with E-state index in [0.717, 1.165) is 18.5 Å². The van der Waals surface area contributed by atoms with Gasteiger partial charge in [0.25, 0.3) is 0 Å². The van der Waals surface area contributed by atoms with E-state index >= 15 is 0 Å². The second-order valence-electron chi connectivity index (χ2n) is 5.75. The van der Waals surface area contributed by atoms with Crippen LogP contribution in [0.1, 0.15) is 40.5 Å². The fourth-order valence-electron chi connectivity index (χ4n) is 2.28. The summed E-state index contributed by atoms with van der Waals surface area (Å²) < 4.78 is 11.1. The largest absolute Gasteiger partial charge is 0.443 e. The summed E-state index contributed by atoms with van der Waals surface area (Å²) in [7, 11) is 0. The minimum atomic E-state index is -0.439. The summed E-state index contributed by atoms with van der Waals surface area (Å²) in [4.78, 5) is 13.8. The van der Waals surface area contributed by atoms with Gasteiger partial charge in [-0.3, -0.25) is 4.90 Å². The predicted molar refractivity (Wildman–Crippen MR) is 64.6 cm³/mol. The van der Waals surface area contributed by atoms with Crippen molar-refractivity contribution < 1.29 is 14.3 Å². The van der Waals surface area contributed by atoms with E-state index in [1.54, 1.807) is 4.90 Å². The van der Waals surface area contributed by atoms with Crippen LogP contribution in [-0.4, -0.2) is 35.3 Å². The number of fused-ring (bicyclic) bond motifs is 2. The Labute approximate surface area is 103 Å². The number of nitrogens with zero attached hydrogens (tertiary/aromatic N) is 1. The van der Waals surface area contributed by atoms with Crippen molar-refractivity contribution in [1.82, 2.24) is 4.90 Å². The molecular weight excluding hydrogens is 218 g/mol. The summed E-state index contributed by atoms with van der Waals surface area (Å²) in [5, 5.41) is 0. The van der Waals surface area contributed by atoms with E-state index in [1.165, 1.54) is 0 Å². The first-order chi connectivity index (χ1) is 7.85. The molecule has 1 fully saturated rings. The highest BCUT2D eigenvalue weighted by molar-refractivity contribution is 5.70. The van der Waals surface area contributed by atoms with E-state index in [1.807, 2.05) is 33.8 Å². The highest BCUT2D eigenvalue weighted by atomic mass is 16.6. The fraction of sp³-hybridized carbons (Fsp3) is 0.769. The number of hydrogen-bond donors (Lipinski definition) is 0. The number of amides is 1. The van der Waals surface area contributed by atoms with Crippen molar-refractivity contribution in [2.45, 2.75) is 58.3 Å². The first-order valence-electron chi connectivity index (χ1n) is 6.22. The van der Waals surface area contributed by atoms with Crippen LogP contribution in [0.15, 0.2) is 11.8 Å². The molecule has 0 radical (unpaired) electrons. The summed E-state index contributed by atoms with van der Waals surface area (Å²) in [5.74, 6) is 0. The van der Waals surface area contributed by atoms with E-state index < -0.39 is 5.60 Å². The standard InChI is InChI=1S/C13H21NO3/c1-9-7-10-8-11(16-9)5-6-14(10)12(15)17-13(2,3)4/h7,9,11H,5-6,8H2,1-4H3. The molecule has 2 aliphatic heterocycles. The SMILES string of the molecule is CC1C=C2CC(CCN2C(=O)OC(C)(C)C)O1. The van der Waals surface area contributed by atoms with Crippen molar-refractivity contribution in [2.75, 3.05) is 6.54 Å². The zero-order valence-electron chi connectivity index (χ0n) is 11.0. The molecule has 17 heavy (non-hydrogen) atoms. The molecule has 1 saturated heterocycles. The minimum Gasteiger partial charge on any atom is -0.443 e. The van der Waals surface area contributed by atoms with Crippen LogP contribution in [0.2, 0.25) is 0 Å². The van der Waals surface area contributed by atoms with Gasteiger partial charge >= 0.3 is 6.09 Å². The molecule has 2 rings (SSSR count). The summed E-state index contributed by atoms with van der Waals surface area (Å²) in [6.45, 7) is 8.36. The lowest BCUT2D eigenvalue weighted by molar-refractivity contribution is -0.0270. The third-order valence-electron chi connectivity index (χ3n) is 2.91. The molecule has 2 bridgehead atoms. The maximum Gasteiger partial charge on any atom is 0.414 e. The van der Waals surface area contributed by atoms with Crippen LogP contribution in [0.4, 0.5) is 4.79 Å². The lowest BCUT2D eigenvalue weighted by Gasteiger charge is -2.39. The maximum absolute atomic E-state index is 12.0. The van der Waals surface area contributed by atoms with Gasteiger partial charge in [0.15, 0.2) is 0 Å². The Morgan fingerprint density at radius 2 is 2.24 bits per heavy atom. The third kappa shape index (κ3) is 3.00. The minimum absolute atomic E-state index is 0.0917. The molecule has 1 amide bonds. The van der Waals surface area contributed by atoms with Gasteiger partial charge in [0.1, 0.15) is 5.60 Å². The van der Waals surface area contributed by atoms with E-state index in [0.29, 0.717) is 6.54 Å². The van der Waals surface area contributed by atoms with Gasteiger partial charge in [-0.1, -0.05) is 0 Å². The van der Waals surface area contributed by atoms with Gasteiger partial charge in [-0.25, -0.2) is 4.79 Å². The number of piperidine rings is 1. The van der Waals surface area contributed by atoms with Crippen LogP contribution < -0.4 is 0 Å². The molecule has 4 heteroatoms. The van der Waals surface area contributed by atoms with Crippen molar-refractivity contribution in [3.8, 4) is 0 Å². The third-order valence-corrected chi connectivity index (χ3v) is 2.91. The van der Waals surface area contributed by atoms with Gasteiger partial charge in [0.2, 0.25) is 0 Å². The molecule has 0 aromatic heterocycles. The first-order valence-corrected chi connectivity index (χ1v) is 6.22. The van der Waals surface area contributed by atoms with E-state index in [2.05, 4.69) is 0 Å². The number of carbonyl (C=O) groups is 1. The molecule has 2 unspecified atom stereocenters. The second-order valence-corrected chi connectivity index (χ2v) is 5.75. The average Bonchev–Trinajstić information content (AvgIpc) is 2.13. The van der Waals surface area contributed by atoms with Crippen molar-refractivity contribution in [3.05, 3.63) is 11.8 Å². The number of ether oxygens (including phenoxy) is 2. The lowest BCUT2D eigenvalue weighted by atomic mass is 10.00. The second kappa shape index (κ2) is 4.33. The van der Waals surface area contributed by atoms with Crippen molar-refractivity contribution >= 4 is 6.09 Å². The quantitative estimate of drug-likeness (QED) is 0.652. The van der Waals surface area contributed by atoms with Gasteiger partial charge in [-0.2, -0.15) is 0 Å². The molecule has 0 N–H and O–H groups in total. The van der Waals surface area contributed by atoms with Gasteiger partial charge in [0, 0.05) is 18.7 Å². The average molecular weight is 239 g/mol. The van der Waals surface area contributed by atoms with Gasteiger partial charge in [0.05, 0.1) is 12.2 Å². The summed E-state index contributed by atoms with van der Waals surface area (Å²) in [6, 6.07) is 0. The molecule has 4 nitrogen and oxygen atoms in total. The maximum atomic E-state index is 12.0. The summed E-state index contributed by atoms with van der Waals surface area (Å²) in [5.41, 5.74) is 0.611. The van der Waals surface area contributed by atoms with Crippen LogP contribution >= 0.6 is 0 Å². The van der Waals surface area contributed by atoms with Gasteiger partial charge in [-0.05, 0) is 40.2 Å². The van der Waals surface area contributed by atoms with E-state index in [4.69, 9.17) is 9.47 Å². The van der Waals surface area contributed by atoms with Crippen LogP contribution in [0.3, 0.4) is 0 Å². The summed E-state index contributed by atoms with van der Waals surface area (Å²) >= 11 is 0. The van der Waals surface area contributed by atoms with Crippen LogP contribution in [0, 0.1) is 0 Å². The number of likely N-dealkylation sites (tertiary alicyclic amines) is 1. The Morgan fingerprint density at radius 3 is 2.88 bits per heavy atom. The highest BCUT2D eigenvalue weighted by Gasteiger charge is 2.34. The lowest BCUT2D eigenvalue weighted by Crippen LogP contribution is -2.45. The number of rotatable bonds is 0. The normalized spacial score (nSPS) is 28.7. The van der Waals surface area contributed by atoms with Crippen molar-refractivity contribution in [3.63, 3.8) is 0 Å². The van der Waals surface area contributed by atoms with Crippen LogP contribution in [0.25, 0.3) is 0 Å². The topological polar surface area (TPSA) is 38.8 Å². The highest BCUT2D eigenvalue weighted by Crippen LogP contribution is 2.30. The molecule has 96 valence electrons. The van der Waals surface area contributed by atoms with Crippen molar-refractivity contribution in [1.29, 1.82) is 0 Å². The van der Waals surface area contributed by atoms with Gasteiger partial charge in [-0.15, -0.1) is 0 Å². The van der Waals surface area contributed by atoms with Gasteiger partial charge < -0.3 is 9.47 Å². The molecular formula is C13H21NO3.